The van der Waals surface area contributed by atoms with Gasteiger partial charge in [0, 0.05) is 46.2 Å². The van der Waals surface area contributed by atoms with E-state index in [1.165, 1.54) is 20.5 Å². The Labute approximate surface area is 216 Å². The summed E-state index contributed by atoms with van der Waals surface area (Å²) in [5.74, 6) is 3.48. The lowest BCUT2D eigenvalue weighted by Crippen LogP contribution is -2.54. The Kier molecular flexibility index (Phi) is 7.37. The van der Waals surface area contributed by atoms with E-state index in [9.17, 15) is 9.90 Å². The summed E-state index contributed by atoms with van der Waals surface area (Å²) in [6.45, 7) is 8.37. The normalized spacial score (nSPS) is 32.1. The molecule has 4 nitrogen and oxygen atoms in total. The van der Waals surface area contributed by atoms with E-state index >= 15 is 0 Å². The van der Waals surface area contributed by atoms with Crippen LogP contribution in [0.25, 0.3) is 0 Å². The standard InChI is InChI=1S/C27H36N2O2S3/c1-17(26(31)29-11-13-32-14-12-29)20-9-10-27(3)15-21-24(18(2)23(27)25(20)30)28-22(34-21)16-33-19-7-5-4-6-8-19/h4-8,17-18,20,23,25,30H,9-16H2,1-3H3/t17-,18-,20-,23+,25-,27-/m0/s1. The average molecular weight is 517 g/mol. The molecule has 1 amide bonds. The lowest BCUT2D eigenvalue weighted by molar-refractivity contribution is -0.144. The number of carbonyl (C=O) groups excluding carboxylic acids is 1. The molecule has 184 valence electrons. The zero-order valence-electron chi connectivity index (χ0n) is 20.4. The van der Waals surface area contributed by atoms with E-state index in [4.69, 9.17) is 4.98 Å². The molecule has 7 heteroatoms. The third-order valence-corrected chi connectivity index (χ3v) is 11.6. The van der Waals surface area contributed by atoms with Gasteiger partial charge in [0.25, 0.3) is 0 Å². The molecular formula is C27H36N2O2S3. The average Bonchev–Trinajstić information content (AvgIpc) is 3.26. The number of thiazole rings is 1. The molecule has 1 N–H and O–H groups in total. The highest BCUT2D eigenvalue weighted by atomic mass is 32.2. The molecule has 0 bridgehead atoms. The van der Waals surface area contributed by atoms with Gasteiger partial charge in [-0.15, -0.1) is 23.1 Å². The van der Waals surface area contributed by atoms with Crippen LogP contribution in [-0.4, -0.2) is 51.6 Å². The molecule has 3 aliphatic rings. The van der Waals surface area contributed by atoms with E-state index in [0.717, 1.165) is 49.6 Å². The van der Waals surface area contributed by atoms with E-state index < -0.39 is 6.10 Å². The number of nitrogens with zero attached hydrogens (tertiary/aromatic N) is 2. The summed E-state index contributed by atoms with van der Waals surface area (Å²) < 4.78 is 0. The van der Waals surface area contributed by atoms with E-state index in [2.05, 4.69) is 51.1 Å². The van der Waals surface area contributed by atoms with Crippen molar-refractivity contribution < 1.29 is 9.90 Å². The number of hydrogen-bond acceptors (Lipinski definition) is 6. The maximum atomic E-state index is 13.2. The van der Waals surface area contributed by atoms with Gasteiger partial charge in [-0.25, -0.2) is 4.98 Å². The van der Waals surface area contributed by atoms with Crippen LogP contribution in [-0.2, 0) is 17.0 Å². The predicted octanol–water partition coefficient (Wildman–Crippen LogP) is 5.70. The van der Waals surface area contributed by atoms with Gasteiger partial charge >= 0.3 is 0 Å². The number of aliphatic hydroxyl groups is 1. The van der Waals surface area contributed by atoms with Crippen LogP contribution < -0.4 is 0 Å². The maximum Gasteiger partial charge on any atom is 0.225 e. The largest absolute Gasteiger partial charge is 0.392 e. The molecule has 1 aromatic heterocycles. The minimum atomic E-state index is -0.455. The molecule has 1 saturated carbocycles. The van der Waals surface area contributed by atoms with Gasteiger partial charge in [-0.05, 0) is 48.6 Å². The highest BCUT2D eigenvalue weighted by Crippen LogP contribution is 2.57. The van der Waals surface area contributed by atoms with Gasteiger partial charge in [0.15, 0.2) is 0 Å². The quantitative estimate of drug-likeness (QED) is 0.517. The molecule has 1 saturated heterocycles. The smallest absolute Gasteiger partial charge is 0.225 e. The van der Waals surface area contributed by atoms with Gasteiger partial charge in [0.1, 0.15) is 5.01 Å². The lowest BCUT2D eigenvalue weighted by atomic mass is 9.53. The Morgan fingerprint density at radius 2 is 2.03 bits per heavy atom. The van der Waals surface area contributed by atoms with Crippen LogP contribution in [0.1, 0.15) is 55.1 Å². The Bertz CT molecular complexity index is 1010. The Balaban J connectivity index is 1.32. The highest BCUT2D eigenvalue weighted by Gasteiger charge is 2.54. The molecule has 0 unspecified atom stereocenters. The van der Waals surface area contributed by atoms with E-state index in [1.807, 2.05) is 39.8 Å². The number of thioether (sulfide) groups is 2. The summed E-state index contributed by atoms with van der Waals surface area (Å²) >= 11 is 5.63. The third kappa shape index (κ3) is 4.70. The van der Waals surface area contributed by atoms with Crippen LogP contribution in [0, 0.1) is 23.2 Å². The highest BCUT2D eigenvalue weighted by molar-refractivity contribution is 7.99. The minimum Gasteiger partial charge on any atom is -0.392 e. The van der Waals surface area contributed by atoms with E-state index in [-0.39, 0.29) is 35.0 Å². The summed E-state index contributed by atoms with van der Waals surface area (Å²) in [5, 5.41) is 12.9. The Morgan fingerprint density at radius 1 is 1.29 bits per heavy atom. The van der Waals surface area contributed by atoms with E-state index in [0.29, 0.717) is 0 Å². The molecule has 0 spiro atoms. The molecule has 5 rings (SSSR count). The predicted molar refractivity (Wildman–Crippen MR) is 144 cm³/mol. The molecule has 2 fully saturated rings. The second-order valence-electron chi connectivity index (χ2n) is 10.6. The van der Waals surface area contributed by atoms with Gasteiger partial charge in [-0.3, -0.25) is 4.79 Å². The van der Waals surface area contributed by atoms with E-state index in [1.54, 1.807) is 0 Å². The zero-order chi connectivity index (χ0) is 23.9. The number of fused-ring (bicyclic) bond motifs is 2. The molecule has 2 heterocycles. The number of amides is 1. The number of hydrogen-bond donors (Lipinski definition) is 1. The molecule has 2 aliphatic carbocycles. The number of benzene rings is 1. The van der Waals surface area contributed by atoms with Gasteiger partial charge in [0.2, 0.25) is 5.91 Å². The first kappa shape index (κ1) is 24.7. The zero-order valence-corrected chi connectivity index (χ0v) is 22.9. The molecular weight excluding hydrogens is 481 g/mol. The van der Waals surface area contributed by atoms with Crippen molar-refractivity contribution in [3.8, 4) is 0 Å². The van der Waals surface area contributed by atoms with Gasteiger partial charge < -0.3 is 10.0 Å². The third-order valence-electron chi connectivity index (χ3n) is 8.43. The second-order valence-corrected chi connectivity index (χ2v) is 14.0. The topological polar surface area (TPSA) is 53.4 Å². The van der Waals surface area contributed by atoms with Crippen molar-refractivity contribution in [1.82, 2.24) is 9.88 Å². The fourth-order valence-corrected chi connectivity index (χ4v) is 9.76. The Hall–Kier alpha value is -1.02. The maximum absolute atomic E-state index is 13.2. The summed E-state index contributed by atoms with van der Waals surface area (Å²) in [4.78, 5) is 23.1. The SMILES string of the molecule is C[C@H](C(=O)N1CCSCC1)[C@@H]1CC[C@@]2(C)Cc3sc(CSc4ccccc4)nc3[C@@H](C)[C@@H]2[C@H]1O. The van der Waals surface area contributed by atoms with Crippen LogP contribution in [0.15, 0.2) is 35.2 Å². The number of aliphatic hydroxyl groups excluding tert-OH is 1. The van der Waals surface area contributed by atoms with Crippen molar-refractivity contribution >= 4 is 40.8 Å². The van der Waals surface area contributed by atoms with Crippen molar-refractivity contribution in [2.24, 2.45) is 23.2 Å². The molecule has 1 aromatic carbocycles. The van der Waals surface area contributed by atoms with Crippen molar-refractivity contribution in [3.63, 3.8) is 0 Å². The first-order valence-electron chi connectivity index (χ1n) is 12.6. The fraction of sp³-hybridized carbons (Fsp3) is 0.630. The lowest BCUT2D eigenvalue weighted by Gasteiger charge is -2.53. The summed E-state index contributed by atoms with van der Waals surface area (Å²) in [5.41, 5.74) is 1.27. The van der Waals surface area contributed by atoms with Crippen molar-refractivity contribution in [3.05, 3.63) is 45.9 Å². The molecule has 2 aromatic rings. The first-order valence-corrected chi connectivity index (χ1v) is 15.5. The van der Waals surface area contributed by atoms with Crippen LogP contribution >= 0.6 is 34.9 Å². The summed E-state index contributed by atoms with van der Waals surface area (Å²) in [6, 6.07) is 10.5. The number of rotatable bonds is 5. The monoisotopic (exact) mass is 516 g/mol. The molecule has 34 heavy (non-hydrogen) atoms. The van der Waals surface area contributed by atoms with Crippen LogP contribution in [0.2, 0.25) is 0 Å². The van der Waals surface area contributed by atoms with Crippen molar-refractivity contribution in [1.29, 1.82) is 0 Å². The van der Waals surface area contributed by atoms with Gasteiger partial charge in [-0.2, -0.15) is 11.8 Å². The summed E-state index contributed by atoms with van der Waals surface area (Å²) in [7, 11) is 0. The molecule has 1 aliphatic heterocycles. The first-order chi connectivity index (χ1) is 16.4. The van der Waals surface area contributed by atoms with Crippen LogP contribution in [0.3, 0.4) is 0 Å². The summed E-state index contributed by atoms with van der Waals surface area (Å²) in [6.07, 6.45) is 2.55. The van der Waals surface area contributed by atoms with Gasteiger partial charge in [-0.1, -0.05) is 39.0 Å². The molecule has 0 radical (unpaired) electrons. The van der Waals surface area contributed by atoms with Crippen molar-refractivity contribution in [2.75, 3.05) is 24.6 Å². The van der Waals surface area contributed by atoms with Crippen molar-refractivity contribution in [2.45, 2.75) is 62.7 Å². The fourth-order valence-electron chi connectivity index (χ4n) is 6.58. The van der Waals surface area contributed by atoms with Crippen LogP contribution in [0.4, 0.5) is 0 Å². The van der Waals surface area contributed by atoms with Crippen LogP contribution in [0.5, 0.6) is 0 Å². The number of aromatic nitrogens is 1. The Morgan fingerprint density at radius 3 is 2.76 bits per heavy atom. The minimum absolute atomic E-state index is 0.0379. The van der Waals surface area contributed by atoms with Gasteiger partial charge in [0.05, 0.1) is 17.6 Å². The number of carbonyl (C=O) groups is 1. The molecule has 6 atom stereocenters. The second kappa shape index (κ2) is 10.2.